The van der Waals surface area contributed by atoms with E-state index in [2.05, 4.69) is 24.1 Å². The Balaban J connectivity index is 2.01. The van der Waals surface area contributed by atoms with E-state index in [9.17, 15) is 4.79 Å². The van der Waals surface area contributed by atoms with Crippen LogP contribution < -0.4 is 5.32 Å². The third kappa shape index (κ3) is 3.17. The topological polar surface area (TPSA) is 41.6 Å². The summed E-state index contributed by atoms with van der Waals surface area (Å²) in [5, 5.41) is 3.25. The van der Waals surface area contributed by atoms with Crippen LogP contribution in [0.2, 0.25) is 0 Å². The Morgan fingerprint density at radius 1 is 1.40 bits per heavy atom. The minimum Gasteiger partial charge on any atom is -0.465 e. The van der Waals surface area contributed by atoms with Crippen LogP contribution in [0.25, 0.3) is 0 Å². The summed E-state index contributed by atoms with van der Waals surface area (Å²) < 4.78 is 5.28. The van der Waals surface area contributed by atoms with Crippen LogP contribution in [0.3, 0.4) is 0 Å². The van der Waals surface area contributed by atoms with Crippen molar-refractivity contribution < 1.29 is 9.53 Å². The number of esters is 1. The SMILES string of the molecule is CCOC(=O)C1(NC)CCC(N2CCCC(C)(C)C2)C1. The van der Waals surface area contributed by atoms with Crippen LogP contribution in [0, 0.1) is 5.41 Å². The van der Waals surface area contributed by atoms with Gasteiger partial charge in [-0.25, -0.2) is 0 Å². The number of carbonyl (C=O) groups excluding carboxylic acids is 1. The lowest BCUT2D eigenvalue weighted by molar-refractivity contribution is -0.151. The molecule has 2 atom stereocenters. The molecule has 2 aliphatic rings. The molecule has 0 spiro atoms. The minimum absolute atomic E-state index is 0.0683. The quantitative estimate of drug-likeness (QED) is 0.803. The summed E-state index contributed by atoms with van der Waals surface area (Å²) in [7, 11) is 1.89. The van der Waals surface area contributed by atoms with Gasteiger partial charge in [-0.1, -0.05) is 13.8 Å². The molecule has 0 aromatic heterocycles. The number of ether oxygens (including phenoxy) is 1. The maximum atomic E-state index is 12.3. The van der Waals surface area contributed by atoms with Crippen molar-refractivity contribution in [1.29, 1.82) is 0 Å². The Morgan fingerprint density at radius 2 is 2.15 bits per heavy atom. The Labute approximate surface area is 123 Å². The van der Waals surface area contributed by atoms with E-state index in [0.717, 1.165) is 25.8 Å². The zero-order valence-corrected chi connectivity index (χ0v) is 13.5. The van der Waals surface area contributed by atoms with Crippen molar-refractivity contribution in [2.45, 2.75) is 64.5 Å². The zero-order chi connectivity index (χ0) is 14.8. The highest BCUT2D eigenvalue weighted by Gasteiger charge is 2.47. The van der Waals surface area contributed by atoms with Crippen LogP contribution in [0.5, 0.6) is 0 Å². The fourth-order valence-electron chi connectivity index (χ4n) is 3.90. The molecule has 2 unspecified atom stereocenters. The molecule has 0 bridgehead atoms. The largest absolute Gasteiger partial charge is 0.465 e. The molecular weight excluding hydrogens is 252 g/mol. The molecule has 1 N–H and O–H groups in total. The molecule has 0 amide bonds. The van der Waals surface area contributed by atoms with E-state index in [1.54, 1.807) is 0 Å². The monoisotopic (exact) mass is 282 g/mol. The number of piperidine rings is 1. The van der Waals surface area contributed by atoms with Crippen LogP contribution in [-0.4, -0.2) is 49.2 Å². The van der Waals surface area contributed by atoms with E-state index in [-0.39, 0.29) is 5.97 Å². The maximum Gasteiger partial charge on any atom is 0.326 e. The van der Waals surface area contributed by atoms with E-state index in [1.807, 2.05) is 14.0 Å². The Bertz CT molecular complexity index is 356. The van der Waals surface area contributed by atoms with Gasteiger partial charge in [0.25, 0.3) is 0 Å². The number of hydrogen-bond donors (Lipinski definition) is 1. The van der Waals surface area contributed by atoms with Gasteiger partial charge in [0.05, 0.1) is 6.61 Å². The lowest BCUT2D eigenvalue weighted by atomic mass is 9.83. The van der Waals surface area contributed by atoms with Crippen molar-refractivity contribution in [2.75, 3.05) is 26.7 Å². The maximum absolute atomic E-state index is 12.3. The Hall–Kier alpha value is -0.610. The molecule has 0 aromatic rings. The zero-order valence-electron chi connectivity index (χ0n) is 13.5. The van der Waals surface area contributed by atoms with Gasteiger partial charge >= 0.3 is 5.97 Å². The Kier molecular flexibility index (Phi) is 4.75. The fourth-order valence-corrected chi connectivity index (χ4v) is 3.90. The summed E-state index contributed by atoms with van der Waals surface area (Å²) in [5.74, 6) is -0.0683. The summed E-state index contributed by atoms with van der Waals surface area (Å²) in [6.07, 6.45) is 5.46. The van der Waals surface area contributed by atoms with Crippen LogP contribution in [0.15, 0.2) is 0 Å². The summed E-state index contributed by atoms with van der Waals surface area (Å²) in [4.78, 5) is 14.8. The summed E-state index contributed by atoms with van der Waals surface area (Å²) in [5.41, 5.74) is -0.0463. The third-order valence-electron chi connectivity index (χ3n) is 5.08. The summed E-state index contributed by atoms with van der Waals surface area (Å²) >= 11 is 0. The van der Waals surface area contributed by atoms with Gasteiger partial charge in [-0.2, -0.15) is 0 Å². The number of hydrogen-bond acceptors (Lipinski definition) is 4. The highest BCUT2D eigenvalue weighted by molar-refractivity contribution is 5.81. The second-order valence-electron chi connectivity index (χ2n) is 7.19. The normalized spacial score (nSPS) is 34.1. The van der Waals surface area contributed by atoms with E-state index >= 15 is 0 Å². The van der Waals surface area contributed by atoms with Gasteiger partial charge < -0.3 is 10.1 Å². The van der Waals surface area contributed by atoms with E-state index in [0.29, 0.717) is 18.1 Å². The van der Waals surface area contributed by atoms with Crippen molar-refractivity contribution in [2.24, 2.45) is 5.41 Å². The van der Waals surface area contributed by atoms with Gasteiger partial charge in [0.1, 0.15) is 5.54 Å². The molecule has 20 heavy (non-hydrogen) atoms. The van der Waals surface area contributed by atoms with Crippen LogP contribution in [0.1, 0.15) is 52.9 Å². The average molecular weight is 282 g/mol. The van der Waals surface area contributed by atoms with Gasteiger partial charge in [0.15, 0.2) is 0 Å². The number of likely N-dealkylation sites (tertiary alicyclic amines) is 1. The molecule has 1 aliphatic carbocycles. The third-order valence-corrected chi connectivity index (χ3v) is 5.08. The first-order valence-electron chi connectivity index (χ1n) is 8.03. The highest BCUT2D eigenvalue weighted by Crippen LogP contribution is 2.38. The molecule has 1 aliphatic heterocycles. The van der Waals surface area contributed by atoms with Crippen molar-refractivity contribution in [3.8, 4) is 0 Å². The second kappa shape index (κ2) is 6.02. The number of nitrogens with zero attached hydrogens (tertiary/aromatic N) is 1. The predicted molar refractivity (Wildman–Crippen MR) is 80.7 cm³/mol. The molecular formula is C16H30N2O2. The molecule has 1 saturated carbocycles. The summed E-state index contributed by atoms with van der Waals surface area (Å²) in [6.45, 7) is 9.37. The first kappa shape index (κ1) is 15.8. The van der Waals surface area contributed by atoms with Crippen molar-refractivity contribution >= 4 is 5.97 Å². The molecule has 116 valence electrons. The van der Waals surface area contributed by atoms with Crippen molar-refractivity contribution in [1.82, 2.24) is 10.2 Å². The molecule has 0 radical (unpaired) electrons. The molecule has 0 aromatic carbocycles. The lowest BCUT2D eigenvalue weighted by Gasteiger charge is -2.41. The molecule has 4 nitrogen and oxygen atoms in total. The number of carbonyl (C=O) groups is 1. The van der Waals surface area contributed by atoms with E-state index in [1.165, 1.54) is 19.4 Å². The van der Waals surface area contributed by atoms with E-state index in [4.69, 9.17) is 4.74 Å². The number of nitrogens with one attached hydrogen (secondary N) is 1. The summed E-state index contributed by atoms with van der Waals surface area (Å²) in [6, 6.07) is 0.520. The number of likely N-dealkylation sites (N-methyl/N-ethyl adjacent to an activating group) is 1. The molecule has 2 fully saturated rings. The number of rotatable bonds is 4. The van der Waals surface area contributed by atoms with Crippen LogP contribution in [-0.2, 0) is 9.53 Å². The van der Waals surface area contributed by atoms with Gasteiger partial charge in [0.2, 0.25) is 0 Å². The first-order valence-corrected chi connectivity index (χ1v) is 8.03. The highest BCUT2D eigenvalue weighted by atomic mass is 16.5. The standard InChI is InChI=1S/C16H30N2O2/c1-5-20-14(19)16(17-4)9-7-13(11-16)18-10-6-8-15(2,3)12-18/h13,17H,5-12H2,1-4H3. The fraction of sp³-hybridized carbons (Fsp3) is 0.938. The van der Waals surface area contributed by atoms with E-state index < -0.39 is 5.54 Å². The molecule has 2 rings (SSSR count). The Morgan fingerprint density at radius 3 is 2.75 bits per heavy atom. The first-order chi connectivity index (χ1) is 9.42. The van der Waals surface area contributed by atoms with Crippen molar-refractivity contribution in [3.05, 3.63) is 0 Å². The molecule has 4 heteroatoms. The van der Waals surface area contributed by atoms with Gasteiger partial charge in [-0.15, -0.1) is 0 Å². The van der Waals surface area contributed by atoms with Crippen molar-refractivity contribution in [3.63, 3.8) is 0 Å². The smallest absolute Gasteiger partial charge is 0.326 e. The van der Waals surface area contributed by atoms with Crippen LogP contribution >= 0.6 is 0 Å². The predicted octanol–water partition coefficient (Wildman–Crippen LogP) is 2.18. The molecule has 1 heterocycles. The second-order valence-corrected chi connectivity index (χ2v) is 7.19. The van der Waals surface area contributed by atoms with Gasteiger partial charge in [0, 0.05) is 12.6 Å². The minimum atomic E-state index is -0.456. The van der Waals surface area contributed by atoms with Gasteiger partial charge in [-0.05, 0) is 58.0 Å². The average Bonchev–Trinajstić information content (AvgIpc) is 2.83. The lowest BCUT2D eigenvalue weighted by Crippen LogP contribution is -2.52. The van der Waals surface area contributed by atoms with Gasteiger partial charge in [-0.3, -0.25) is 9.69 Å². The van der Waals surface area contributed by atoms with Crippen LogP contribution in [0.4, 0.5) is 0 Å². The molecule has 1 saturated heterocycles.